The molecule has 0 aliphatic rings. The van der Waals surface area contributed by atoms with Crippen molar-refractivity contribution in [3.8, 4) is 0 Å². The first-order valence-electron chi connectivity index (χ1n) is 5.19. The summed E-state index contributed by atoms with van der Waals surface area (Å²) < 4.78 is 14.3. The first-order valence-corrected chi connectivity index (χ1v) is 5.19. The minimum atomic E-state index is -0.548. The van der Waals surface area contributed by atoms with Gasteiger partial charge in [0.2, 0.25) is 0 Å². The molecule has 0 heterocycles. The maximum atomic E-state index is 11.5. The van der Waals surface area contributed by atoms with E-state index in [1.807, 2.05) is 6.92 Å². The van der Waals surface area contributed by atoms with Crippen molar-refractivity contribution in [2.24, 2.45) is 5.41 Å². The minimum absolute atomic E-state index is 0.0557. The molecule has 0 aliphatic carbocycles. The van der Waals surface area contributed by atoms with Gasteiger partial charge in [0.15, 0.2) is 12.4 Å². The number of hydrogen-bond acceptors (Lipinski definition) is 5. The van der Waals surface area contributed by atoms with Crippen LogP contribution in [-0.4, -0.2) is 38.9 Å². The van der Waals surface area contributed by atoms with Crippen molar-refractivity contribution < 1.29 is 23.8 Å². The molecule has 0 saturated heterocycles. The monoisotopic (exact) mass is 232 g/mol. The number of esters is 1. The smallest absolute Gasteiger partial charge is 0.311 e. The predicted octanol–water partition coefficient (Wildman–Crippen LogP) is 1.16. The van der Waals surface area contributed by atoms with Gasteiger partial charge in [0, 0.05) is 7.11 Å². The van der Waals surface area contributed by atoms with E-state index in [0.29, 0.717) is 6.42 Å². The molecule has 0 aliphatic heterocycles. The lowest BCUT2D eigenvalue weighted by Gasteiger charge is -2.19. The molecule has 0 spiro atoms. The average molecular weight is 232 g/mol. The maximum absolute atomic E-state index is 11.5. The molecular weight excluding hydrogens is 212 g/mol. The third-order valence-electron chi connectivity index (χ3n) is 2.26. The molecule has 0 bridgehead atoms. The number of carbonyl (C=O) groups is 2. The van der Waals surface area contributed by atoms with Crippen molar-refractivity contribution >= 4 is 11.8 Å². The van der Waals surface area contributed by atoms with Gasteiger partial charge in [-0.25, -0.2) is 0 Å². The van der Waals surface area contributed by atoms with Crippen LogP contribution in [0.5, 0.6) is 0 Å². The Balaban J connectivity index is 3.80. The van der Waals surface area contributed by atoms with E-state index in [4.69, 9.17) is 9.47 Å². The number of Topliss-reactive ketones (excluding diaryl/α,β-unsaturated/α-hetero) is 1. The van der Waals surface area contributed by atoms with Crippen LogP contribution >= 0.6 is 0 Å². The zero-order chi connectivity index (χ0) is 12.6. The van der Waals surface area contributed by atoms with E-state index in [2.05, 4.69) is 4.74 Å². The Morgan fingerprint density at radius 3 is 2.31 bits per heavy atom. The Bertz CT molecular complexity index is 235. The molecule has 0 aromatic carbocycles. The molecule has 16 heavy (non-hydrogen) atoms. The molecule has 0 amide bonds. The van der Waals surface area contributed by atoms with Gasteiger partial charge in [-0.2, -0.15) is 0 Å². The van der Waals surface area contributed by atoms with Gasteiger partial charge in [-0.05, 0) is 20.3 Å². The van der Waals surface area contributed by atoms with Gasteiger partial charge in [0.05, 0.1) is 5.41 Å². The summed E-state index contributed by atoms with van der Waals surface area (Å²) in [5, 5.41) is 0. The van der Waals surface area contributed by atoms with Crippen molar-refractivity contribution in [3.63, 3.8) is 0 Å². The van der Waals surface area contributed by atoms with E-state index in [9.17, 15) is 9.59 Å². The molecule has 0 saturated carbocycles. The summed E-state index contributed by atoms with van der Waals surface area (Å²) in [5.74, 6) is -0.646. The summed E-state index contributed by atoms with van der Waals surface area (Å²) in [7, 11) is 1.47. The Morgan fingerprint density at radius 2 is 1.81 bits per heavy atom. The van der Waals surface area contributed by atoms with Crippen LogP contribution in [0.1, 0.15) is 27.2 Å². The molecule has 0 unspecified atom stereocenters. The highest BCUT2D eigenvalue weighted by molar-refractivity contribution is 5.84. The normalized spacial score (nSPS) is 11.2. The molecule has 5 heteroatoms. The highest BCUT2D eigenvalue weighted by Gasteiger charge is 2.27. The van der Waals surface area contributed by atoms with E-state index < -0.39 is 5.41 Å². The Hall–Kier alpha value is -0.940. The number of ether oxygens (including phenoxy) is 3. The maximum Gasteiger partial charge on any atom is 0.311 e. The van der Waals surface area contributed by atoms with Crippen LogP contribution in [0.15, 0.2) is 0 Å². The van der Waals surface area contributed by atoms with E-state index in [-0.39, 0.29) is 31.8 Å². The summed E-state index contributed by atoms with van der Waals surface area (Å²) in [5.41, 5.74) is -0.548. The van der Waals surface area contributed by atoms with Crippen molar-refractivity contribution in [3.05, 3.63) is 0 Å². The highest BCUT2D eigenvalue weighted by atomic mass is 16.7. The van der Waals surface area contributed by atoms with Crippen LogP contribution in [-0.2, 0) is 23.8 Å². The first kappa shape index (κ1) is 15.1. The van der Waals surface area contributed by atoms with Crippen LogP contribution in [0.3, 0.4) is 0 Å². The Labute approximate surface area is 96.1 Å². The third-order valence-corrected chi connectivity index (χ3v) is 2.26. The lowest BCUT2D eigenvalue weighted by Crippen LogP contribution is -2.28. The number of hydrogen-bond donors (Lipinski definition) is 0. The van der Waals surface area contributed by atoms with E-state index in [1.54, 1.807) is 13.8 Å². The van der Waals surface area contributed by atoms with E-state index in [1.165, 1.54) is 7.11 Å². The van der Waals surface area contributed by atoms with Crippen LogP contribution in [0, 0.1) is 5.41 Å². The van der Waals surface area contributed by atoms with Crippen molar-refractivity contribution in [1.82, 2.24) is 0 Å². The van der Waals surface area contributed by atoms with Crippen LogP contribution in [0.2, 0.25) is 0 Å². The zero-order valence-corrected chi connectivity index (χ0v) is 10.4. The van der Waals surface area contributed by atoms with Crippen LogP contribution < -0.4 is 0 Å². The van der Waals surface area contributed by atoms with E-state index in [0.717, 1.165) is 0 Å². The summed E-state index contributed by atoms with van der Waals surface area (Å²) in [6.07, 6.45) is 0.667. The van der Waals surface area contributed by atoms with Crippen LogP contribution in [0.25, 0.3) is 0 Å². The quantitative estimate of drug-likeness (QED) is 0.357. The molecule has 5 nitrogen and oxygen atoms in total. The zero-order valence-electron chi connectivity index (χ0n) is 10.4. The largest absolute Gasteiger partial charge is 0.457 e. The predicted molar refractivity (Wildman–Crippen MR) is 57.9 cm³/mol. The number of methoxy groups -OCH3 is 1. The molecule has 0 radical (unpaired) electrons. The molecule has 94 valence electrons. The van der Waals surface area contributed by atoms with Gasteiger partial charge in [-0.15, -0.1) is 0 Å². The van der Waals surface area contributed by atoms with Crippen molar-refractivity contribution in [2.45, 2.75) is 27.2 Å². The molecular formula is C11H20O5. The third kappa shape index (κ3) is 5.82. The van der Waals surface area contributed by atoms with Gasteiger partial charge in [0.1, 0.15) is 13.4 Å². The number of ketones is 1. The topological polar surface area (TPSA) is 61.8 Å². The van der Waals surface area contributed by atoms with Crippen molar-refractivity contribution in [2.75, 3.05) is 27.1 Å². The van der Waals surface area contributed by atoms with Gasteiger partial charge in [-0.3, -0.25) is 9.59 Å². The van der Waals surface area contributed by atoms with Gasteiger partial charge in [-0.1, -0.05) is 6.92 Å². The summed E-state index contributed by atoms with van der Waals surface area (Å²) in [6.45, 7) is 5.16. The lowest BCUT2D eigenvalue weighted by atomic mass is 9.91. The fourth-order valence-electron chi connectivity index (χ4n) is 0.766. The second kappa shape index (κ2) is 7.35. The van der Waals surface area contributed by atoms with Gasteiger partial charge >= 0.3 is 5.97 Å². The fraction of sp³-hybridized carbons (Fsp3) is 0.818. The number of rotatable bonds is 8. The fourth-order valence-corrected chi connectivity index (χ4v) is 0.766. The number of carbonyl (C=O) groups excluding carboxylic acids is 2. The Morgan fingerprint density at radius 1 is 1.19 bits per heavy atom. The summed E-state index contributed by atoms with van der Waals surface area (Å²) in [6, 6.07) is 0. The molecule has 0 rings (SSSR count). The van der Waals surface area contributed by atoms with Gasteiger partial charge < -0.3 is 14.2 Å². The average Bonchev–Trinajstić information content (AvgIpc) is 2.26. The second-order valence-corrected chi connectivity index (χ2v) is 4.11. The molecule has 0 atom stereocenters. The molecule has 0 fully saturated rings. The molecule has 0 aromatic heterocycles. The standard InChI is InChI=1S/C11H20O5/c1-5-11(2,3)10(13)16-7-9(12)6-15-8-14-4/h5-8H2,1-4H3. The summed E-state index contributed by atoms with van der Waals surface area (Å²) in [4.78, 5) is 22.7. The lowest BCUT2D eigenvalue weighted by molar-refractivity contribution is -0.158. The highest BCUT2D eigenvalue weighted by Crippen LogP contribution is 2.21. The SMILES string of the molecule is CCC(C)(C)C(=O)OCC(=O)COCOC. The molecule has 0 aromatic rings. The van der Waals surface area contributed by atoms with Gasteiger partial charge in [0.25, 0.3) is 0 Å². The Kier molecular flexibility index (Phi) is 6.92. The minimum Gasteiger partial charge on any atom is -0.457 e. The first-order chi connectivity index (χ1) is 7.44. The summed E-state index contributed by atoms with van der Waals surface area (Å²) >= 11 is 0. The second-order valence-electron chi connectivity index (χ2n) is 4.11. The van der Waals surface area contributed by atoms with E-state index >= 15 is 0 Å². The molecule has 0 N–H and O–H groups in total. The van der Waals surface area contributed by atoms with Crippen molar-refractivity contribution in [1.29, 1.82) is 0 Å². The van der Waals surface area contributed by atoms with Crippen LogP contribution in [0.4, 0.5) is 0 Å².